The summed E-state index contributed by atoms with van der Waals surface area (Å²) < 4.78 is 5.72. The van der Waals surface area contributed by atoms with Gasteiger partial charge in [0.25, 0.3) is 0 Å². The summed E-state index contributed by atoms with van der Waals surface area (Å²) >= 11 is 0. The highest BCUT2D eigenvalue weighted by molar-refractivity contribution is 5.34. The van der Waals surface area contributed by atoms with Crippen molar-refractivity contribution in [2.24, 2.45) is 5.92 Å². The van der Waals surface area contributed by atoms with Gasteiger partial charge in [0, 0.05) is 13.1 Å². The lowest BCUT2D eigenvalue weighted by molar-refractivity contribution is 0.158. The van der Waals surface area contributed by atoms with Gasteiger partial charge in [0.2, 0.25) is 0 Å². The summed E-state index contributed by atoms with van der Waals surface area (Å²) in [5.74, 6) is 1.76. The maximum atomic E-state index is 8.72. The van der Waals surface area contributed by atoms with Gasteiger partial charge in [-0.3, -0.25) is 4.90 Å². The van der Waals surface area contributed by atoms with Crippen molar-refractivity contribution in [1.82, 2.24) is 4.90 Å². The Hall–Kier alpha value is -1.53. The number of likely N-dealkylation sites (N-methyl/N-ethyl adjacent to an activating group) is 1. The Kier molecular flexibility index (Phi) is 5.23. The molecule has 2 rings (SSSR count). The third kappa shape index (κ3) is 4.25. The molecule has 0 saturated heterocycles. The van der Waals surface area contributed by atoms with Crippen molar-refractivity contribution in [3.63, 3.8) is 0 Å². The first-order chi connectivity index (χ1) is 9.31. The second kappa shape index (κ2) is 7.16. The Morgan fingerprint density at radius 1 is 1.32 bits per heavy atom. The van der Waals surface area contributed by atoms with Crippen molar-refractivity contribution in [2.45, 2.75) is 26.2 Å². The van der Waals surface area contributed by atoms with E-state index in [0.717, 1.165) is 24.8 Å². The smallest absolute Gasteiger partial charge is 0.119 e. The van der Waals surface area contributed by atoms with Crippen LogP contribution in [0.15, 0.2) is 24.3 Å². The zero-order valence-corrected chi connectivity index (χ0v) is 11.6. The molecule has 1 aromatic carbocycles. The van der Waals surface area contributed by atoms with E-state index in [2.05, 4.69) is 17.9 Å². The number of nitriles is 1. The zero-order valence-electron chi connectivity index (χ0n) is 11.6. The van der Waals surface area contributed by atoms with Gasteiger partial charge in [-0.1, -0.05) is 13.3 Å². The fourth-order valence-corrected chi connectivity index (χ4v) is 2.34. The summed E-state index contributed by atoms with van der Waals surface area (Å²) in [7, 11) is 0. The zero-order chi connectivity index (χ0) is 13.5. The fourth-order valence-electron chi connectivity index (χ4n) is 2.34. The van der Waals surface area contributed by atoms with Crippen molar-refractivity contribution in [1.29, 1.82) is 5.26 Å². The first kappa shape index (κ1) is 13.9. The molecule has 3 heteroatoms. The first-order valence-corrected chi connectivity index (χ1v) is 7.17. The molecule has 0 unspecified atom stereocenters. The molecule has 0 amide bonds. The SMILES string of the molecule is CCN(CCOc1ccc(C#N)cc1)CC1CCC1. The lowest BCUT2D eigenvalue weighted by Gasteiger charge is -2.31. The third-order valence-corrected chi connectivity index (χ3v) is 3.85. The lowest BCUT2D eigenvalue weighted by atomic mass is 9.85. The van der Waals surface area contributed by atoms with E-state index in [-0.39, 0.29) is 0 Å². The van der Waals surface area contributed by atoms with Crippen molar-refractivity contribution in [2.75, 3.05) is 26.2 Å². The van der Waals surface area contributed by atoms with E-state index in [1.54, 1.807) is 12.1 Å². The van der Waals surface area contributed by atoms with Crippen molar-refractivity contribution < 1.29 is 4.74 Å². The lowest BCUT2D eigenvalue weighted by Crippen LogP contribution is -2.35. The van der Waals surface area contributed by atoms with Crippen LogP contribution in [0.2, 0.25) is 0 Å². The van der Waals surface area contributed by atoms with Crippen molar-refractivity contribution in [3.05, 3.63) is 29.8 Å². The monoisotopic (exact) mass is 258 g/mol. The third-order valence-electron chi connectivity index (χ3n) is 3.85. The van der Waals surface area contributed by atoms with Gasteiger partial charge in [-0.2, -0.15) is 5.26 Å². The molecule has 19 heavy (non-hydrogen) atoms. The minimum atomic E-state index is 0.674. The molecule has 102 valence electrons. The highest BCUT2D eigenvalue weighted by Crippen LogP contribution is 2.26. The second-order valence-electron chi connectivity index (χ2n) is 5.17. The molecule has 0 N–H and O–H groups in total. The fraction of sp³-hybridized carbons (Fsp3) is 0.562. The molecule has 0 aliphatic heterocycles. The molecule has 0 atom stereocenters. The molecule has 0 heterocycles. The van der Waals surface area contributed by atoms with Gasteiger partial charge in [0.15, 0.2) is 0 Å². The molecular formula is C16H22N2O. The van der Waals surface area contributed by atoms with E-state index in [0.29, 0.717) is 12.2 Å². The van der Waals surface area contributed by atoms with Gasteiger partial charge in [0.05, 0.1) is 11.6 Å². The summed E-state index contributed by atoms with van der Waals surface area (Å²) in [5, 5.41) is 8.72. The molecular weight excluding hydrogens is 236 g/mol. The Morgan fingerprint density at radius 3 is 2.58 bits per heavy atom. The molecule has 0 spiro atoms. The maximum Gasteiger partial charge on any atom is 0.119 e. The number of benzene rings is 1. The maximum absolute atomic E-state index is 8.72. The van der Waals surface area contributed by atoms with E-state index < -0.39 is 0 Å². The predicted octanol–water partition coefficient (Wildman–Crippen LogP) is 3.06. The minimum absolute atomic E-state index is 0.674. The minimum Gasteiger partial charge on any atom is -0.492 e. The summed E-state index contributed by atoms with van der Waals surface area (Å²) in [6.07, 6.45) is 4.20. The number of hydrogen-bond donors (Lipinski definition) is 0. The quantitative estimate of drug-likeness (QED) is 0.754. The van der Waals surface area contributed by atoms with Crippen molar-refractivity contribution >= 4 is 0 Å². The largest absolute Gasteiger partial charge is 0.492 e. The second-order valence-corrected chi connectivity index (χ2v) is 5.17. The van der Waals surface area contributed by atoms with Crippen LogP contribution in [0, 0.1) is 17.2 Å². The number of ether oxygens (including phenoxy) is 1. The average molecular weight is 258 g/mol. The summed E-state index contributed by atoms with van der Waals surface area (Å²) in [6.45, 7) is 6.21. The first-order valence-electron chi connectivity index (χ1n) is 7.17. The predicted molar refractivity (Wildman–Crippen MR) is 76.1 cm³/mol. The molecule has 1 saturated carbocycles. The molecule has 0 radical (unpaired) electrons. The highest BCUT2D eigenvalue weighted by atomic mass is 16.5. The number of nitrogens with zero attached hydrogens (tertiary/aromatic N) is 2. The molecule has 3 nitrogen and oxygen atoms in total. The number of hydrogen-bond acceptors (Lipinski definition) is 3. The van der Waals surface area contributed by atoms with Gasteiger partial charge in [-0.15, -0.1) is 0 Å². The number of rotatable bonds is 7. The van der Waals surface area contributed by atoms with Crippen LogP contribution >= 0.6 is 0 Å². The van der Waals surface area contributed by atoms with Gasteiger partial charge >= 0.3 is 0 Å². The topological polar surface area (TPSA) is 36.3 Å². The Morgan fingerprint density at radius 2 is 2.05 bits per heavy atom. The van der Waals surface area contributed by atoms with Crippen LogP contribution in [-0.4, -0.2) is 31.1 Å². The van der Waals surface area contributed by atoms with E-state index in [9.17, 15) is 0 Å². The highest BCUT2D eigenvalue weighted by Gasteiger charge is 2.19. The Balaban J connectivity index is 1.70. The van der Waals surface area contributed by atoms with Crippen LogP contribution in [0.4, 0.5) is 0 Å². The van der Waals surface area contributed by atoms with Gasteiger partial charge < -0.3 is 4.74 Å². The van der Waals surface area contributed by atoms with Gasteiger partial charge in [-0.05, 0) is 49.6 Å². The van der Waals surface area contributed by atoms with Crippen LogP contribution in [-0.2, 0) is 0 Å². The summed E-state index contributed by atoms with van der Waals surface area (Å²) in [4.78, 5) is 2.47. The van der Waals surface area contributed by atoms with Gasteiger partial charge in [0.1, 0.15) is 12.4 Å². The van der Waals surface area contributed by atoms with Crippen molar-refractivity contribution in [3.8, 4) is 11.8 Å². The van der Waals surface area contributed by atoms with Crippen LogP contribution in [0.5, 0.6) is 5.75 Å². The normalized spacial score (nSPS) is 15.0. The molecule has 1 fully saturated rings. The summed E-state index contributed by atoms with van der Waals surface area (Å²) in [5.41, 5.74) is 0.674. The molecule has 0 aromatic heterocycles. The van der Waals surface area contributed by atoms with Crippen LogP contribution < -0.4 is 4.74 Å². The molecule has 1 aliphatic carbocycles. The summed E-state index contributed by atoms with van der Waals surface area (Å²) in [6, 6.07) is 9.42. The van der Waals surface area contributed by atoms with Gasteiger partial charge in [-0.25, -0.2) is 0 Å². The molecule has 1 aromatic rings. The average Bonchev–Trinajstić information content (AvgIpc) is 2.41. The van der Waals surface area contributed by atoms with E-state index in [1.165, 1.54) is 25.8 Å². The van der Waals surface area contributed by atoms with E-state index in [1.807, 2.05) is 12.1 Å². The Labute approximate surface area is 115 Å². The van der Waals surface area contributed by atoms with Crippen LogP contribution in [0.1, 0.15) is 31.7 Å². The Bertz CT molecular complexity index is 417. The van der Waals surface area contributed by atoms with Crippen LogP contribution in [0.25, 0.3) is 0 Å². The molecule has 0 bridgehead atoms. The standard InChI is InChI=1S/C16H22N2O/c1-2-18(13-15-4-3-5-15)10-11-19-16-8-6-14(12-17)7-9-16/h6-9,15H,2-5,10-11,13H2,1H3. The molecule has 1 aliphatic rings. The van der Waals surface area contributed by atoms with E-state index >= 15 is 0 Å². The van der Waals surface area contributed by atoms with Crippen LogP contribution in [0.3, 0.4) is 0 Å². The van der Waals surface area contributed by atoms with E-state index in [4.69, 9.17) is 10.00 Å².